The zero-order chi connectivity index (χ0) is 14.7. The fraction of sp³-hybridized carbons (Fsp3) is 0.188. The maximum absolute atomic E-state index is 11.2. The zero-order valence-corrected chi connectivity index (χ0v) is 11.8. The molecule has 1 aromatic heterocycles. The van der Waals surface area contributed by atoms with Crippen LogP contribution in [0.3, 0.4) is 0 Å². The lowest BCUT2D eigenvalue weighted by molar-refractivity contribution is -0.114. The van der Waals surface area contributed by atoms with Crippen LogP contribution in [-0.4, -0.2) is 29.8 Å². The van der Waals surface area contributed by atoms with Crippen molar-refractivity contribution in [2.24, 2.45) is 4.99 Å². The lowest BCUT2D eigenvalue weighted by Gasteiger charge is -2.12. The average Bonchev–Trinajstić information content (AvgIpc) is 3.01. The molecule has 1 aromatic carbocycles. The Hall–Kier alpha value is -2.53. The van der Waals surface area contributed by atoms with E-state index < -0.39 is 0 Å². The first-order chi connectivity index (χ1) is 10.2. The van der Waals surface area contributed by atoms with Gasteiger partial charge >= 0.3 is 0 Å². The van der Waals surface area contributed by atoms with Crippen LogP contribution in [0, 0.1) is 0 Å². The Morgan fingerprint density at radius 1 is 1.19 bits per heavy atom. The monoisotopic (exact) mass is 280 g/mol. The first-order valence-electron chi connectivity index (χ1n) is 6.80. The third-order valence-electron chi connectivity index (χ3n) is 3.32. The summed E-state index contributed by atoms with van der Waals surface area (Å²) in [4.78, 5) is 19.8. The van der Waals surface area contributed by atoms with E-state index in [2.05, 4.69) is 20.6 Å². The van der Waals surface area contributed by atoms with Crippen LogP contribution in [0.4, 0.5) is 5.69 Å². The highest BCUT2D eigenvalue weighted by Gasteiger charge is 2.14. The van der Waals surface area contributed by atoms with E-state index in [1.165, 1.54) is 6.92 Å². The second-order valence-corrected chi connectivity index (χ2v) is 4.87. The van der Waals surface area contributed by atoms with Crippen molar-refractivity contribution in [1.29, 1.82) is 0 Å². The third kappa shape index (κ3) is 2.98. The zero-order valence-electron chi connectivity index (χ0n) is 11.8. The van der Waals surface area contributed by atoms with Crippen molar-refractivity contribution < 1.29 is 4.79 Å². The fourth-order valence-electron chi connectivity index (χ4n) is 2.41. The minimum Gasteiger partial charge on any atom is -0.326 e. The van der Waals surface area contributed by atoms with Gasteiger partial charge in [-0.2, -0.15) is 0 Å². The summed E-state index contributed by atoms with van der Waals surface area (Å²) in [6.07, 6.45) is 3.53. The van der Waals surface area contributed by atoms with Gasteiger partial charge in [0.25, 0.3) is 0 Å². The second-order valence-electron chi connectivity index (χ2n) is 4.87. The molecule has 5 nitrogen and oxygen atoms in total. The van der Waals surface area contributed by atoms with E-state index in [-0.39, 0.29) is 5.91 Å². The van der Waals surface area contributed by atoms with Gasteiger partial charge in [0.15, 0.2) is 0 Å². The van der Waals surface area contributed by atoms with Gasteiger partial charge in [0.2, 0.25) is 5.91 Å². The molecule has 0 fully saturated rings. The normalized spacial score (nSPS) is 13.9. The summed E-state index contributed by atoms with van der Waals surface area (Å²) in [5.41, 5.74) is 5.01. The van der Waals surface area contributed by atoms with Crippen LogP contribution in [0.15, 0.2) is 47.7 Å². The Morgan fingerprint density at radius 2 is 2.00 bits per heavy atom. The van der Waals surface area contributed by atoms with Crippen LogP contribution >= 0.6 is 0 Å². The molecule has 21 heavy (non-hydrogen) atoms. The molecule has 2 N–H and O–H groups in total. The number of benzene rings is 1. The lowest BCUT2D eigenvalue weighted by atomic mass is 9.96. The molecule has 2 heterocycles. The van der Waals surface area contributed by atoms with Crippen LogP contribution in [-0.2, 0) is 4.79 Å². The number of pyridine rings is 1. The summed E-state index contributed by atoms with van der Waals surface area (Å²) in [7, 11) is 0. The SMILES string of the molecule is CC(=O)Nc1ccc(C2=NCNC2)c(-c2ccncc2)c1. The van der Waals surface area contributed by atoms with Crippen LogP contribution in [0.5, 0.6) is 0 Å². The number of nitrogens with zero attached hydrogens (tertiary/aromatic N) is 2. The Kier molecular flexibility index (Phi) is 3.75. The Labute approximate surface area is 123 Å². The number of nitrogens with one attached hydrogen (secondary N) is 2. The van der Waals surface area contributed by atoms with Gasteiger partial charge < -0.3 is 5.32 Å². The molecule has 0 bridgehead atoms. The summed E-state index contributed by atoms with van der Waals surface area (Å²) >= 11 is 0. The number of amides is 1. The number of carbonyl (C=O) groups is 1. The molecule has 0 atom stereocenters. The largest absolute Gasteiger partial charge is 0.326 e. The van der Waals surface area contributed by atoms with Crippen molar-refractivity contribution in [3.05, 3.63) is 48.3 Å². The highest BCUT2D eigenvalue weighted by atomic mass is 16.1. The molecule has 1 aliphatic heterocycles. The predicted octanol–water partition coefficient (Wildman–Crippen LogP) is 2.06. The molecular weight excluding hydrogens is 264 g/mol. The van der Waals surface area contributed by atoms with E-state index in [1.54, 1.807) is 12.4 Å². The van der Waals surface area contributed by atoms with Crippen molar-refractivity contribution in [3.8, 4) is 11.1 Å². The quantitative estimate of drug-likeness (QED) is 0.904. The van der Waals surface area contributed by atoms with Gasteiger partial charge in [0.1, 0.15) is 0 Å². The number of aromatic nitrogens is 1. The molecule has 0 unspecified atom stereocenters. The molecular formula is C16H16N4O. The van der Waals surface area contributed by atoms with E-state index >= 15 is 0 Å². The molecule has 0 aliphatic carbocycles. The topological polar surface area (TPSA) is 66.4 Å². The number of hydrogen-bond acceptors (Lipinski definition) is 4. The van der Waals surface area contributed by atoms with Gasteiger partial charge in [-0.25, -0.2) is 0 Å². The number of carbonyl (C=O) groups excluding carboxylic acids is 1. The predicted molar refractivity (Wildman–Crippen MR) is 83.4 cm³/mol. The van der Waals surface area contributed by atoms with Crippen molar-refractivity contribution in [2.75, 3.05) is 18.5 Å². The van der Waals surface area contributed by atoms with Crippen LogP contribution in [0.1, 0.15) is 12.5 Å². The summed E-state index contributed by atoms with van der Waals surface area (Å²) in [6, 6.07) is 9.81. The molecule has 5 heteroatoms. The third-order valence-corrected chi connectivity index (χ3v) is 3.32. The van der Waals surface area contributed by atoms with Gasteiger partial charge in [-0.1, -0.05) is 6.07 Å². The molecule has 2 aromatic rings. The first kappa shape index (κ1) is 13.5. The maximum Gasteiger partial charge on any atom is 0.221 e. The van der Waals surface area contributed by atoms with E-state index in [1.807, 2.05) is 30.3 Å². The molecule has 1 aliphatic rings. The second kappa shape index (κ2) is 5.85. The van der Waals surface area contributed by atoms with Crippen molar-refractivity contribution >= 4 is 17.3 Å². The molecule has 0 radical (unpaired) electrons. The molecule has 0 saturated heterocycles. The first-order valence-corrected chi connectivity index (χ1v) is 6.80. The van der Waals surface area contributed by atoms with E-state index in [0.29, 0.717) is 6.67 Å². The van der Waals surface area contributed by atoms with E-state index in [0.717, 1.165) is 34.6 Å². The highest BCUT2D eigenvalue weighted by molar-refractivity contribution is 6.08. The van der Waals surface area contributed by atoms with Gasteiger partial charge in [-0.3, -0.25) is 20.1 Å². The molecule has 106 valence electrons. The summed E-state index contributed by atoms with van der Waals surface area (Å²) in [5, 5.41) is 6.03. The lowest BCUT2D eigenvalue weighted by Crippen LogP contribution is -2.15. The summed E-state index contributed by atoms with van der Waals surface area (Å²) in [6.45, 7) is 2.92. The van der Waals surface area contributed by atoms with Crippen molar-refractivity contribution in [1.82, 2.24) is 10.3 Å². The molecule has 0 spiro atoms. The molecule has 3 rings (SSSR count). The standard InChI is InChI=1S/C16H16N4O/c1-11(21)20-13-2-3-14(16-9-18-10-19-16)15(8-13)12-4-6-17-7-5-12/h2-8,18H,9-10H2,1H3,(H,20,21). The number of rotatable bonds is 3. The van der Waals surface area contributed by atoms with Crippen molar-refractivity contribution in [2.45, 2.75) is 6.92 Å². The van der Waals surface area contributed by atoms with E-state index in [9.17, 15) is 4.79 Å². The molecule has 1 amide bonds. The Balaban J connectivity index is 2.09. The maximum atomic E-state index is 11.2. The minimum absolute atomic E-state index is 0.0803. The number of aliphatic imine (C=N–C) groups is 1. The number of anilines is 1. The van der Waals surface area contributed by atoms with E-state index in [4.69, 9.17) is 0 Å². The van der Waals surface area contributed by atoms with Gasteiger partial charge in [0, 0.05) is 37.1 Å². The number of hydrogen-bond donors (Lipinski definition) is 2. The Morgan fingerprint density at radius 3 is 2.67 bits per heavy atom. The van der Waals surface area contributed by atoms with Gasteiger partial charge in [0.05, 0.1) is 12.4 Å². The van der Waals surface area contributed by atoms with Gasteiger partial charge in [-0.05, 0) is 35.4 Å². The summed E-state index contributed by atoms with van der Waals surface area (Å²) in [5.74, 6) is -0.0803. The van der Waals surface area contributed by atoms with Crippen LogP contribution in [0.2, 0.25) is 0 Å². The van der Waals surface area contributed by atoms with Crippen LogP contribution in [0.25, 0.3) is 11.1 Å². The van der Waals surface area contributed by atoms with Crippen molar-refractivity contribution in [3.63, 3.8) is 0 Å². The summed E-state index contributed by atoms with van der Waals surface area (Å²) < 4.78 is 0. The Bertz CT molecular complexity index is 695. The fourth-order valence-corrected chi connectivity index (χ4v) is 2.41. The average molecular weight is 280 g/mol. The highest BCUT2D eigenvalue weighted by Crippen LogP contribution is 2.27. The minimum atomic E-state index is -0.0803. The van der Waals surface area contributed by atoms with Crippen LogP contribution < -0.4 is 10.6 Å². The smallest absolute Gasteiger partial charge is 0.221 e. The molecule has 0 saturated carbocycles. The van der Waals surface area contributed by atoms with Gasteiger partial charge in [-0.15, -0.1) is 0 Å².